The third kappa shape index (κ3) is 2.19. The number of piperidine rings is 1. The number of aliphatic hydroxyl groups is 1. The lowest BCUT2D eigenvalue weighted by Crippen LogP contribution is -2.66. The molecule has 88 valence electrons. The normalized spacial score (nSPS) is 33.0. The van der Waals surface area contributed by atoms with Crippen LogP contribution in [0.2, 0.25) is 0 Å². The molecule has 0 unspecified atom stereocenters. The van der Waals surface area contributed by atoms with Crippen molar-refractivity contribution in [3.63, 3.8) is 0 Å². The summed E-state index contributed by atoms with van der Waals surface area (Å²) in [6.45, 7) is 8.52. The number of hydrogen-bond acceptors (Lipinski definition) is 3. The van der Waals surface area contributed by atoms with Crippen molar-refractivity contribution < 1.29 is 5.11 Å². The lowest BCUT2D eigenvalue weighted by Gasteiger charge is -2.52. The zero-order chi connectivity index (χ0) is 11.1. The molecule has 2 aliphatic rings. The first-order chi connectivity index (χ1) is 7.01. The van der Waals surface area contributed by atoms with Crippen molar-refractivity contribution in [1.29, 1.82) is 0 Å². The van der Waals surface area contributed by atoms with Crippen LogP contribution in [-0.2, 0) is 0 Å². The van der Waals surface area contributed by atoms with Gasteiger partial charge in [-0.2, -0.15) is 0 Å². The summed E-state index contributed by atoms with van der Waals surface area (Å²) in [5.74, 6) is 0.491. The molecular weight excluding hydrogens is 188 g/mol. The molecule has 0 aromatic heterocycles. The fourth-order valence-electron chi connectivity index (χ4n) is 3.06. The minimum absolute atomic E-state index is 0.387. The van der Waals surface area contributed by atoms with Gasteiger partial charge in [0, 0.05) is 31.6 Å². The molecule has 1 atom stereocenters. The monoisotopic (exact) mass is 212 g/mol. The molecule has 2 fully saturated rings. The summed E-state index contributed by atoms with van der Waals surface area (Å²) in [6, 6.07) is 0.620. The van der Waals surface area contributed by atoms with E-state index in [4.69, 9.17) is 0 Å². The van der Waals surface area contributed by atoms with E-state index in [1.165, 1.54) is 19.4 Å². The highest BCUT2D eigenvalue weighted by atomic mass is 16.3. The van der Waals surface area contributed by atoms with Crippen molar-refractivity contribution in [1.82, 2.24) is 9.80 Å². The van der Waals surface area contributed by atoms with Crippen molar-refractivity contribution in [3.05, 3.63) is 0 Å². The molecule has 0 spiro atoms. The molecular formula is C12H24N2O. The number of nitrogens with zero attached hydrogens (tertiary/aromatic N) is 2. The van der Waals surface area contributed by atoms with E-state index in [1.54, 1.807) is 0 Å². The molecule has 0 aromatic rings. The highest BCUT2D eigenvalue weighted by Gasteiger charge is 2.46. The highest BCUT2D eigenvalue weighted by Crippen LogP contribution is 2.34. The lowest BCUT2D eigenvalue weighted by molar-refractivity contribution is -0.141. The zero-order valence-corrected chi connectivity index (χ0v) is 10.2. The zero-order valence-electron chi connectivity index (χ0n) is 10.2. The molecule has 2 aliphatic heterocycles. The molecule has 3 heteroatoms. The summed E-state index contributed by atoms with van der Waals surface area (Å²) >= 11 is 0. The maximum absolute atomic E-state index is 10.4. The third-order valence-corrected chi connectivity index (χ3v) is 4.03. The van der Waals surface area contributed by atoms with E-state index in [2.05, 4.69) is 30.7 Å². The van der Waals surface area contributed by atoms with E-state index in [-0.39, 0.29) is 5.60 Å². The molecule has 0 saturated carbocycles. The Bertz CT molecular complexity index is 224. The van der Waals surface area contributed by atoms with Gasteiger partial charge in [-0.15, -0.1) is 0 Å². The van der Waals surface area contributed by atoms with Crippen LogP contribution in [0.4, 0.5) is 0 Å². The van der Waals surface area contributed by atoms with Gasteiger partial charge in [0.2, 0.25) is 0 Å². The molecule has 15 heavy (non-hydrogen) atoms. The molecule has 0 aliphatic carbocycles. The second kappa shape index (κ2) is 4.04. The van der Waals surface area contributed by atoms with Gasteiger partial charge in [0.1, 0.15) is 0 Å². The lowest BCUT2D eigenvalue weighted by atomic mass is 9.76. The predicted molar refractivity (Wildman–Crippen MR) is 61.9 cm³/mol. The largest absolute Gasteiger partial charge is 0.387 e. The second-order valence-electron chi connectivity index (χ2n) is 5.70. The van der Waals surface area contributed by atoms with Gasteiger partial charge in [-0.1, -0.05) is 0 Å². The smallest absolute Gasteiger partial charge is 0.0940 e. The molecule has 0 amide bonds. The van der Waals surface area contributed by atoms with Crippen LogP contribution < -0.4 is 0 Å². The Balaban J connectivity index is 1.93. The Morgan fingerprint density at radius 2 is 2.00 bits per heavy atom. The summed E-state index contributed by atoms with van der Waals surface area (Å²) in [7, 11) is 2.08. The maximum atomic E-state index is 10.4. The first-order valence-electron chi connectivity index (χ1n) is 6.16. The molecule has 3 nitrogen and oxygen atoms in total. The van der Waals surface area contributed by atoms with Crippen molar-refractivity contribution in [2.45, 2.75) is 38.3 Å². The summed E-state index contributed by atoms with van der Waals surface area (Å²) in [5.41, 5.74) is -0.387. The molecule has 0 bridgehead atoms. The Kier molecular flexibility index (Phi) is 3.06. The van der Waals surface area contributed by atoms with E-state index >= 15 is 0 Å². The van der Waals surface area contributed by atoms with Crippen LogP contribution >= 0.6 is 0 Å². The van der Waals surface area contributed by atoms with Crippen molar-refractivity contribution in [2.75, 3.05) is 33.2 Å². The second-order valence-corrected chi connectivity index (χ2v) is 5.70. The van der Waals surface area contributed by atoms with Gasteiger partial charge in [0.25, 0.3) is 0 Å². The summed E-state index contributed by atoms with van der Waals surface area (Å²) in [4.78, 5) is 4.71. The maximum Gasteiger partial charge on any atom is 0.0940 e. The third-order valence-electron chi connectivity index (χ3n) is 4.03. The van der Waals surface area contributed by atoms with Crippen LogP contribution in [0.25, 0.3) is 0 Å². The van der Waals surface area contributed by atoms with Gasteiger partial charge in [-0.25, -0.2) is 0 Å². The number of hydrogen-bond donors (Lipinski definition) is 1. The van der Waals surface area contributed by atoms with Gasteiger partial charge >= 0.3 is 0 Å². The van der Waals surface area contributed by atoms with E-state index in [0.29, 0.717) is 12.0 Å². The molecule has 2 saturated heterocycles. The van der Waals surface area contributed by atoms with E-state index in [1.807, 2.05) is 0 Å². The van der Waals surface area contributed by atoms with E-state index < -0.39 is 0 Å². The minimum atomic E-state index is -0.387. The van der Waals surface area contributed by atoms with Gasteiger partial charge in [-0.05, 0) is 40.3 Å². The number of likely N-dealkylation sites (tertiary alicyclic amines) is 2. The summed E-state index contributed by atoms with van der Waals surface area (Å²) in [6.07, 6.45) is 2.45. The number of β-amino-alcohol motifs (C(OH)–C–C–N with tert-alkyl or cyclic N) is 1. The van der Waals surface area contributed by atoms with Gasteiger partial charge < -0.3 is 14.9 Å². The van der Waals surface area contributed by atoms with E-state index in [9.17, 15) is 5.11 Å². The standard InChI is InChI=1S/C12H24N2O/c1-10(2)14-6-4-5-11(7-14)12(15)8-13(3)9-12/h10-11,15H,4-9H2,1-3H3/t11-/m1/s1. The van der Waals surface area contributed by atoms with Crippen molar-refractivity contribution in [2.24, 2.45) is 5.92 Å². The molecule has 0 radical (unpaired) electrons. The Hall–Kier alpha value is -0.120. The Morgan fingerprint density at radius 1 is 1.33 bits per heavy atom. The first kappa shape index (κ1) is 11.4. The average Bonchev–Trinajstić information content (AvgIpc) is 2.16. The van der Waals surface area contributed by atoms with Crippen LogP contribution in [0, 0.1) is 5.92 Å². The van der Waals surface area contributed by atoms with Crippen LogP contribution in [0.1, 0.15) is 26.7 Å². The average molecular weight is 212 g/mol. The van der Waals surface area contributed by atoms with Crippen LogP contribution in [0.5, 0.6) is 0 Å². The number of rotatable bonds is 2. The summed E-state index contributed by atoms with van der Waals surface area (Å²) in [5, 5.41) is 10.4. The fourth-order valence-corrected chi connectivity index (χ4v) is 3.06. The number of likely N-dealkylation sites (N-methyl/N-ethyl adjacent to an activating group) is 1. The minimum Gasteiger partial charge on any atom is -0.387 e. The fraction of sp³-hybridized carbons (Fsp3) is 1.00. The van der Waals surface area contributed by atoms with Crippen LogP contribution in [-0.4, -0.2) is 59.8 Å². The summed E-state index contributed by atoms with van der Waals surface area (Å²) < 4.78 is 0. The van der Waals surface area contributed by atoms with Crippen molar-refractivity contribution in [3.8, 4) is 0 Å². The van der Waals surface area contributed by atoms with Gasteiger partial charge in [0.15, 0.2) is 0 Å². The SMILES string of the molecule is CC(C)N1CCC[C@@H](C2(O)CN(C)C2)C1. The highest BCUT2D eigenvalue weighted by molar-refractivity contribution is 5.01. The van der Waals surface area contributed by atoms with E-state index in [0.717, 1.165) is 19.6 Å². The predicted octanol–water partition coefficient (Wildman–Crippen LogP) is 0.783. The molecule has 1 N–H and O–H groups in total. The Labute approximate surface area is 93.1 Å². The van der Waals surface area contributed by atoms with Gasteiger partial charge in [-0.3, -0.25) is 0 Å². The molecule has 2 rings (SSSR count). The quantitative estimate of drug-likeness (QED) is 0.733. The molecule has 2 heterocycles. The van der Waals surface area contributed by atoms with Crippen LogP contribution in [0.3, 0.4) is 0 Å². The van der Waals surface area contributed by atoms with Crippen molar-refractivity contribution >= 4 is 0 Å². The van der Waals surface area contributed by atoms with Crippen LogP contribution in [0.15, 0.2) is 0 Å². The first-order valence-corrected chi connectivity index (χ1v) is 6.16. The topological polar surface area (TPSA) is 26.7 Å². The van der Waals surface area contributed by atoms with Gasteiger partial charge in [0.05, 0.1) is 5.60 Å². The molecule has 0 aromatic carbocycles. The Morgan fingerprint density at radius 3 is 2.53 bits per heavy atom.